The lowest BCUT2D eigenvalue weighted by Crippen LogP contribution is -2.07. The van der Waals surface area contributed by atoms with Crippen LogP contribution in [0.3, 0.4) is 0 Å². The summed E-state index contributed by atoms with van der Waals surface area (Å²) in [5, 5.41) is 21.0. The van der Waals surface area contributed by atoms with E-state index in [9.17, 15) is 22.8 Å². The molecule has 7 nitrogen and oxygen atoms in total. The molecule has 12 heteroatoms. The zero-order valence-electron chi connectivity index (χ0n) is 13.9. The summed E-state index contributed by atoms with van der Waals surface area (Å²) < 4.78 is 55.0. The Labute approximate surface area is 158 Å². The number of aromatic nitrogens is 6. The summed E-state index contributed by atoms with van der Waals surface area (Å²) in [6.07, 6.45) is -1.84. The van der Waals surface area contributed by atoms with Crippen LogP contribution in [0.4, 0.5) is 17.6 Å². The van der Waals surface area contributed by atoms with Crippen molar-refractivity contribution in [1.82, 2.24) is 29.9 Å². The summed E-state index contributed by atoms with van der Waals surface area (Å²) in [5.74, 6) is -2.46. The van der Waals surface area contributed by atoms with Crippen molar-refractivity contribution in [2.45, 2.75) is 6.18 Å². The average Bonchev–Trinajstić information content (AvgIpc) is 3.36. The molecule has 3 aromatic heterocycles. The van der Waals surface area contributed by atoms with Crippen LogP contribution in [-0.2, 0) is 13.2 Å². The van der Waals surface area contributed by atoms with E-state index < -0.39 is 17.8 Å². The Balaban J connectivity index is 2.13. The lowest BCUT2D eigenvalue weighted by molar-refractivity contribution is -0.144. The molecule has 2 N–H and O–H groups in total. The van der Waals surface area contributed by atoms with E-state index in [0.717, 1.165) is 0 Å². The van der Waals surface area contributed by atoms with Crippen molar-refractivity contribution in [2.24, 2.45) is 7.05 Å². The lowest BCUT2D eigenvalue weighted by Gasteiger charge is -2.04. The molecule has 0 aliphatic heterocycles. The SMILES string of the molecule is Cn1c(-c2n[nH]c(C(F)(F)F)n2)c(-c2cn[nH]c2)c2cc(C#N)c(Cl)c(F)c21. The molecular formula is C16H8ClF4N7. The smallest absolute Gasteiger partial charge is 0.338 e. The number of H-pyrrole nitrogens is 2. The monoisotopic (exact) mass is 409 g/mol. The predicted molar refractivity (Wildman–Crippen MR) is 90.6 cm³/mol. The molecule has 0 aliphatic rings. The minimum atomic E-state index is -4.73. The van der Waals surface area contributed by atoms with Crippen molar-refractivity contribution >= 4 is 22.5 Å². The van der Waals surface area contributed by atoms with Crippen LogP contribution in [0.2, 0.25) is 5.02 Å². The first kappa shape index (κ1) is 18.0. The van der Waals surface area contributed by atoms with Crippen LogP contribution in [0.5, 0.6) is 0 Å². The summed E-state index contributed by atoms with van der Waals surface area (Å²) in [6.45, 7) is 0. The van der Waals surface area contributed by atoms with Gasteiger partial charge in [-0.25, -0.2) is 9.37 Å². The number of nitriles is 1. The van der Waals surface area contributed by atoms with Crippen LogP contribution < -0.4 is 0 Å². The van der Waals surface area contributed by atoms with Gasteiger partial charge in [0.2, 0.25) is 5.82 Å². The van der Waals surface area contributed by atoms with Crippen LogP contribution in [-0.4, -0.2) is 29.9 Å². The van der Waals surface area contributed by atoms with Crippen molar-refractivity contribution in [1.29, 1.82) is 5.26 Å². The van der Waals surface area contributed by atoms with Gasteiger partial charge >= 0.3 is 6.18 Å². The van der Waals surface area contributed by atoms with E-state index in [0.29, 0.717) is 11.1 Å². The van der Waals surface area contributed by atoms with Gasteiger partial charge in [0, 0.05) is 29.8 Å². The highest BCUT2D eigenvalue weighted by atomic mass is 35.5. The number of nitrogens with one attached hydrogen (secondary N) is 2. The Morgan fingerprint density at radius 2 is 2.07 bits per heavy atom. The van der Waals surface area contributed by atoms with Crippen molar-refractivity contribution in [3.63, 3.8) is 0 Å². The topological polar surface area (TPSA) is 99.0 Å². The number of nitrogens with zero attached hydrogens (tertiary/aromatic N) is 5. The molecule has 0 spiro atoms. The van der Waals surface area contributed by atoms with Crippen LogP contribution in [0.25, 0.3) is 33.5 Å². The van der Waals surface area contributed by atoms with Gasteiger partial charge in [-0.15, -0.1) is 0 Å². The normalized spacial score (nSPS) is 11.9. The fraction of sp³-hybridized carbons (Fsp3) is 0.125. The first-order chi connectivity index (χ1) is 13.2. The Hall–Kier alpha value is -3.39. The van der Waals surface area contributed by atoms with Crippen LogP contribution >= 0.6 is 11.6 Å². The molecule has 0 bridgehead atoms. The third-order valence-electron chi connectivity index (χ3n) is 4.23. The van der Waals surface area contributed by atoms with E-state index in [1.54, 1.807) is 6.07 Å². The number of alkyl halides is 3. The van der Waals surface area contributed by atoms with Gasteiger partial charge in [0.1, 0.15) is 6.07 Å². The summed E-state index contributed by atoms with van der Waals surface area (Å²) in [6, 6.07) is 3.17. The quantitative estimate of drug-likeness (QED) is 0.488. The summed E-state index contributed by atoms with van der Waals surface area (Å²) in [7, 11) is 1.44. The molecule has 142 valence electrons. The second-order valence-corrected chi connectivity index (χ2v) is 6.21. The Bertz CT molecular complexity index is 1250. The maximum absolute atomic E-state index is 14.9. The van der Waals surface area contributed by atoms with Gasteiger partial charge in [0.15, 0.2) is 11.6 Å². The van der Waals surface area contributed by atoms with Crippen molar-refractivity contribution in [3.8, 4) is 28.7 Å². The van der Waals surface area contributed by atoms with Crippen LogP contribution in [0.1, 0.15) is 11.4 Å². The van der Waals surface area contributed by atoms with Gasteiger partial charge in [0.25, 0.3) is 0 Å². The van der Waals surface area contributed by atoms with E-state index in [1.165, 1.54) is 30.1 Å². The molecule has 0 saturated carbocycles. The van der Waals surface area contributed by atoms with Crippen molar-refractivity contribution in [3.05, 3.63) is 40.7 Å². The molecule has 3 heterocycles. The van der Waals surface area contributed by atoms with Crippen LogP contribution in [0.15, 0.2) is 18.5 Å². The van der Waals surface area contributed by atoms with E-state index >= 15 is 0 Å². The molecule has 1 aromatic carbocycles. The summed E-state index contributed by atoms with van der Waals surface area (Å²) in [5.41, 5.74) is 0.747. The molecule has 4 rings (SSSR count). The Morgan fingerprint density at radius 1 is 1.32 bits per heavy atom. The number of fused-ring (bicyclic) bond motifs is 1. The minimum absolute atomic E-state index is 0.00596. The molecule has 0 unspecified atom stereocenters. The number of aromatic amines is 2. The number of halogens is 5. The number of aryl methyl sites for hydroxylation is 1. The maximum Gasteiger partial charge on any atom is 0.451 e. The van der Waals surface area contributed by atoms with Crippen LogP contribution in [0, 0.1) is 17.1 Å². The number of rotatable bonds is 2. The van der Waals surface area contributed by atoms with E-state index in [4.69, 9.17) is 11.6 Å². The highest BCUT2D eigenvalue weighted by Gasteiger charge is 2.36. The fourth-order valence-corrected chi connectivity index (χ4v) is 3.25. The third kappa shape index (κ3) is 2.53. The molecule has 28 heavy (non-hydrogen) atoms. The first-order valence-electron chi connectivity index (χ1n) is 7.63. The van der Waals surface area contributed by atoms with Crippen molar-refractivity contribution in [2.75, 3.05) is 0 Å². The molecule has 4 aromatic rings. The zero-order chi connectivity index (χ0) is 20.2. The van der Waals surface area contributed by atoms with Gasteiger partial charge in [-0.3, -0.25) is 10.2 Å². The lowest BCUT2D eigenvalue weighted by atomic mass is 10.0. The molecule has 0 aliphatic carbocycles. The van der Waals surface area contributed by atoms with Gasteiger partial charge in [-0.1, -0.05) is 11.6 Å². The maximum atomic E-state index is 14.9. The first-order valence-corrected chi connectivity index (χ1v) is 8.01. The largest absolute Gasteiger partial charge is 0.451 e. The van der Waals surface area contributed by atoms with E-state index in [-0.39, 0.29) is 33.0 Å². The predicted octanol–water partition coefficient (Wildman–Crippen LogP) is 4.04. The van der Waals surface area contributed by atoms with Gasteiger partial charge in [-0.05, 0) is 6.07 Å². The highest BCUT2D eigenvalue weighted by Crippen LogP contribution is 2.42. The molecule has 0 atom stereocenters. The summed E-state index contributed by atoms with van der Waals surface area (Å²) >= 11 is 5.93. The third-order valence-corrected chi connectivity index (χ3v) is 4.60. The number of hydrogen-bond donors (Lipinski definition) is 2. The second kappa shape index (κ2) is 6.07. The molecule has 0 fully saturated rings. The van der Waals surface area contributed by atoms with Gasteiger partial charge < -0.3 is 4.57 Å². The molecule has 0 radical (unpaired) electrons. The standard InChI is InChI=1S/C16H8ClF4N7/c1-28-12-8(2-6(3-22)10(17)11(12)18)9(7-4-23-24-5-7)13(28)14-25-15(27-26-14)16(19,20)21/h2,4-5H,1H3,(H,23,24)(H,25,26,27). The minimum Gasteiger partial charge on any atom is -0.338 e. The van der Waals surface area contributed by atoms with Crippen molar-refractivity contribution < 1.29 is 17.6 Å². The molecule has 0 saturated heterocycles. The number of hydrogen-bond acceptors (Lipinski definition) is 4. The highest BCUT2D eigenvalue weighted by molar-refractivity contribution is 6.33. The Kier molecular flexibility index (Phi) is 3.90. The Morgan fingerprint density at radius 3 is 2.64 bits per heavy atom. The molecule has 0 amide bonds. The molecular weight excluding hydrogens is 402 g/mol. The fourth-order valence-electron chi connectivity index (χ4n) is 3.06. The number of benzene rings is 1. The zero-order valence-corrected chi connectivity index (χ0v) is 14.6. The summed E-state index contributed by atoms with van der Waals surface area (Å²) in [4.78, 5) is 3.51. The average molecular weight is 410 g/mol. The van der Waals surface area contributed by atoms with Gasteiger partial charge in [-0.2, -0.15) is 28.6 Å². The van der Waals surface area contributed by atoms with Gasteiger partial charge in [0.05, 0.1) is 28.0 Å². The van der Waals surface area contributed by atoms with E-state index in [1.807, 2.05) is 5.10 Å². The second-order valence-electron chi connectivity index (χ2n) is 5.84. The van der Waals surface area contributed by atoms with E-state index in [2.05, 4.69) is 20.3 Å².